The van der Waals surface area contributed by atoms with Crippen LogP contribution in [0.1, 0.15) is 66.5 Å². The molecule has 1 aromatic carbocycles. The van der Waals surface area contributed by atoms with E-state index in [-0.39, 0.29) is 0 Å². The first kappa shape index (κ1) is 22.5. The third-order valence-electron chi connectivity index (χ3n) is 6.88. The molecular formula is C25H26F3N4S. The number of likely N-dealkylation sites (tertiary alicyclic amines) is 1. The van der Waals surface area contributed by atoms with E-state index in [1.807, 2.05) is 6.20 Å². The Morgan fingerprint density at radius 2 is 1.79 bits per heavy atom. The second kappa shape index (κ2) is 9.14. The van der Waals surface area contributed by atoms with Gasteiger partial charge in [-0.2, -0.15) is 13.2 Å². The van der Waals surface area contributed by atoms with Gasteiger partial charge < -0.3 is 4.90 Å². The topological polar surface area (TPSA) is 41.9 Å². The third kappa shape index (κ3) is 4.68. The molecule has 1 aliphatic carbocycles. The van der Waals surface area contributed by atoms with Crippen LogP contribution in [-0.4, -0.2) is 40.0 Å². The van der Waals surface area contributed by atoms with Crippen LogP contribution in [0.5, 0.6) is 0 Å². The zero-order chi connectivity index (χ0) is 23.0. The van der Waals surface area contributed by atoms with Crippen LogP contribution in [-0.2, 0) is 6.18 Å². The third-order valence-corrected chi connectivity index (χ3v) is 8.11. The fourth-order valence-corrected chi connectivity index (χ4v) is 6.25. The van der Waals surface area contributed by atoms with Gasteiger partial charge in [0, 0.05) is 23.2 Å². The summed E-state index contributed by atoms with van der Waals surface area (Å²) in [5, 5.41) is 0.987. The Labute approximate surface area is 195 Å². The Hall–Kier alpha value is -2.32. The van der Waals surface area contributed by atoms with Crippen LogP contribution < -0.4 is 0 Å². The summed E-state index contributed by atoms with van der Waals surface area (Å²) < 4.78 is 40.4. The molecule has 0 spiro atoms. The van der Waals surface area contributed by atoms with Crippen molar-refractivity contribution in [3.8, 4) is 21.8 Å². The molecule has 2 aromatic heterocycles. The lowest BCUT2D eigenvalue weighted by Crippen LogP contribution is -2.29. The fraction of sp³-hybridized carbons (Fsp3) is 0.480. The summed E-state index contributed by atoms with van der Waals surface area (Å²) >= 11 is 1.58. The molecule has 173 valence electrons. The van der Waals surface area contributed by atoms with Gasteiger partial charge in [-0.15, -0.1) is 11.3 Å². The predicted octanol–water partition coefficient (Wildman–Crippen LogP) is 6.55. The number of aromatic nitrogens is 3. The second-order valence-electron chi connectivity index (χ2n) is 9.14. The molecule has 3 aromatic rings. The second-order valence-corrected chi connectivity index (χ2v) is 10.2. The van der Waals surface area contributed by atoms with Crippen molar-refractivity contribution in [3.05, 3.63) is 52.9 Å². The van der Waals surface area contributed by atoms with Crippen LogP contribution in [0.3, 0.4) is 0 Å². The summed E-state index contributed by atoms with van der Waals surface area (Å²) in [7, 11) is 2.11. The lowest BCUT2D eigenvalue weighted by molar-refractivity contribution is -0.137. The number of piperidine rings is 1. The smallest absolute Gasteiger partial charge is 0.306 e. The van der Waals surface area contributed by atoms with Gasteiger partial charge in [-0.3, -0.25) is 0 Å². The SMILES string of the molecule is CN1CCC(c2nc(-c3cccc(C(F)(F)F)c3)c(-c3n[c]ncc3C3CCCC3)s2)CC1. The number of thiazole rings is 1. The molecule has 3 heterocycles. The number of alkyl halides is 3. The van der Waals surface area contributed by atoms with E-state index in [2.05, 4.69) is 28.2 Å². The van der Waals surface area contributed by atoms with Crippen LogP contribution in [0.4, 0.5) is 13.2 Å². The number of benzene rings is 1. The summed E-state index contributed by atoms with van der Waals surface area (Å²) in [5.74, 6) is 0.683. The van der Waals surface area contributed by atoms with E-state index >= 15 is 0 Å². The zero-order valence-electron chi connectivity index (χ0n) is 18.5. The molecule has 0 unspecified atom stereocenters. The van der Waals surface area contributed by atoms with Gasteiger partial charge in [-0.25, -0.2) is 15.0 Å². The van der Waals surface area contributed by atoms with Crippen molar-refractivity contribution in [1.82, 2.24) is 19.9 Å². The minimum Gasteiger partial charge on any atom is -0.306 e. The van der Waals surface area contributed by atoms with Gasteiger partial charge in [-0.05, 0) is 63.9 Å². The molecule has 1 saturated carbocycles. The number of hydrogen-bond donors (Lipinski definition) is 0. The maximum Gasteiger partial charge on any atom is 0.416 e. The van der Waals surface area contributed by atoms with Crippen molar-refractivity contribution < 1.29 is 13.2 Å². The van der Waals surface area contributed by atoms with Crippen LogP contribution in [0.25, 0.3) is 21.8 Å². The first-order valence-electron chi connectivity index (χ1n) is 11.5. The average Bonchev–Trinajstić information content (AvgIpc) is 3.50. The first-order chi connectivity index (χ1) is 15.9. The molecule has 1 aliphatic heterocycles. The van der Waals surface area contributed by atoms with Crippen LogP contribution in [0, 0.1) is 6.33 Å². The van der Waals surface area contributed by atoms with Crippen molar-refractivity contribution in [2.75, 3.05) is 20.1 Å². The number of nitrogens with zero attached hydrogens (tertiary/aromatic N) is 4. The number of hydrogen-bond acceptors (Lipinski definition) is 5. The van der Waals surface area contributed by atoms with Crippen molar-refractivity contribution in [3.63, 3.8) is 0 Å². The highest BCUT2D eigenvalue weighted by Crippen LogP contribution is 2.45. The summed E-state index contributed by atoms with van der Waals surface area (Å²) in [4.78, 5) is 16.8. The lowest BCUT2D eigenvalue weighted by Gasteiger charge is -2.27. The molecule has 0 bridgehead atoms. The highest BCUT2D eigenvalue weighted by atomic mass is 32.1. The Balaban J connectivity index is 1.63. The van der Waals surface area contributed by atoms with E-state index in [4.69, 9.17) is 4.98 Å². The maximum absolute atomic E-state index is 13.5. The Bertz CT molecular complexity index is 1110. The lowest BCUT2D eigenvalue weighted by atomic mass is 9.95. The van der Waals surface area contributed by atoms with Crippen molar-refractivity contribution in [2.24, 2.45) is 0 Å². The molecule has 0 amide bonds. The summed E-state index contributed by atoms with van der Waals surface area (Å²) in [6.45, 7) is 1.99. The van der Waals surface area contributed by atoms with E-state index in [0.717, 1.165) is 66.0 Å². The molecule has 0 N–H and O–H groups in total. The quantitative estimate of drug-likeness (QED) is 0.433. The zero-order valence-corrected chi connectivity index (χ0v) is 19.3. The molecule has 0 atom stereocenters. The Morgan fingerprint density at radius 3 is 2.52 bits per heavy atom. The molecule has 8 heteroatoms. The van der Waals surface area contributed by atoms with E-state index < -0.39 is 11.7 Å². The van der Waals surface area contributed by atoms with Crippen LogP contribution >= 0.6 is 11.3 Å². The fourth-order valence-electron chi connectivity index (χ4n) is 4.99. The van der Waals surface area contributed by atoms with Crippen LogP contribution in [0.2, 0.25) is 0 Å². The van der Waals surface area contributed by atoms with E-state index in [0.29, 0.717) is 23.1 Å². The predicted molar refractivity (Wildman–Crippen MR) is 123 cm³/mol. The molecule has 33 heavy (non-hydrogen) atoms. The molecule has 1 radical (unpaired) electrons. The van der Waals surface area contributed by atoms with Crippen molar-refractivity contribution in [2.45, 2.75) is 56.5 Å². The number of rotatable bonds is 4. The largest absolute Gasteiger partial charge is 0.416 e. The molecule has 5 rings (SSSR count). The highest BCUT2D eigenvalue weighted by Gasteiger charge is 2.32. The van der Waals surface area contributed by atoms with E-state index in [1.54, 1.807) is 17.4 Å². The minimum absolute atomic E-state index is 0.310. The normalized spacial score (nSPS) is 18.8. The summed E-state index contributed by atoms with van der Waals surface area (Å²) in [5.41, 5.74) is 2.25. The van der Waals surface area contributed by atoms with Crippen molar-refractivity contribution >= 4 is 11.3 Å². The van der Waals surface area contributed by atoms with Gasteiger partial charge in [0.15, 0.2) is 6.33 Å². The average molecular weight is 472 g/mol. The first-order valence-corrected chi connectivity index (χ1v) is 12.3. The highest BCUT2D eigenvalue weighted by molar-refractivity contribution is 7.15. The van der Waals surface area contributed by atoms with E-state index in [1.165, 1.54) is 25.0 Å². The van der Waals surface area contributed by atoms with Gasteiger partial charge >= 0.3 is 6.18 Å². The van der Waals surface area contributed by atoms with E-state index in [9.17, 15) is 13.2 Å². The molecule has 4 nitrogen and oxygen atoms in total. The van der Waals surface area contributed by atoms with Gasteiger partial charge in [0.2, 0.25) is 0 Å². The molecule has 2 aliphatic rings. The van der Waals surface area contributed by atoms with Gasteiger partial charge in [-0.1, -0.05) is 25.0 Å². The number of halogens is 3. The minimum atomic E-state index is -4.40. The standard InChI is InChI=1S/C25H26F3N4S/c1-32-11-9-17(10-12-32)24-31-21(18-7-4-8-19(13-18)25(26,27)28)23(33-24)22-20(14-29-15-30-22)16-5-2-3-6-16/h4,7-8,13-14,16-17H,2-3,5-6,9-12H2,1H3. The Kier molecular flexibility index (Phi) is 6.22. The molecular weight excluding hydrogens is 445 g/mol. The summed E-state index contributed by atoms with van der Waals surface area (Å²) in [6.07, 6.45) is 6.67. The van der Waals surface area contributed by atoms with Gasteiger partial charge in [0.25, 0.3) is 0 Å². The van der Waals surface area contributed by atoms with Gasteiger partial charge in [0.05, 0.1) is 26.8 Å². The maximum atomic E-state index is 13.5. The monoisotopic (exact) mass is 471 g/mol. The van der Waals surface area contributed by atoms with Crippen LogP contribution in [0.15, 0.2) is 30.5 Å². The molecule has 1 saturated heterocycles. The van der Waals surface area contributed by atoms with Crippen molar-refractivity contribution in [1.29, 1.82) is 0 Å². The van der Waals surface area contributed by atoms with Gasteiger partial charge in [0.1, 0.15) is 0 Å². The Morgan fingerprint density at radius 1 is 1.03 bits per heavy atom. The summed E-state index contributed by atoms with van der Waals surface area (Å²) in [6, 6.07) is 5.49. The molecule has 2 fully saturated rings.